The SMILES string of the molecule is O=C(c1cccc(-c2cnc3c(c2)N(Cc2cc(Cl)ccc2C(F)(F)F)CCN3)c1)N1CCC(c2c[nH]c3ccccc23)CC1. The van der Waals surface area contributed by atoms with Crippen molar-refractivity contribution in [3.63, 3.8) is 0 Å². The molecule has 2 aromatic heterocycles. The van der Waals surface area contributed by atoms with E-state index in [-0.39, 0.29) is 23.0 Å². The lowest BCUT2D eigenvalue weighted by Gasteiger charge is -2.32. The first-order valence-corrected chi connectivity index (χ1v) is 15.4. The van der Waals surface area contributed by atoms with Crippen LogP contribution in [0.5, 0.6) is 0 Å². The average Bonchev–Trinajstić information content (AvgIpc) is 3.48. The van der Waals surface area contributed by atoms with Crippen molar-refractivity contribution in [2.45, 2.75) is 31.5 Å². The molecular formula is C35H31ClF3N5O. The highest BCUT2D eigenvalue weighted by Crippen LogP contribution is 2.38. The van der Waals surface area contributed by atoms with Crippen molar-refractivity contribution >= 4 is 39.9 Å². The summed E-state index contributed by atoms with van der Waals surface area (Å²) in [7, 11) is 0. The lowest BCUT2D eigenvalue weighted by Crippen LogP contribution is -2.37. The number of nitrogens with zero attached hydrogens (tertiary/aromatic N) is 3. The zero-order valence-corrected chi connectivity index (χ0v) is 25.1. The van der Waals surface area contributed by atoms with Crippen LogP contribution in [0.4, 0.5) is 24.7 Å². The van der Waals surface area contributed by atoms with Gasteiger partial charge in [0.05, 0.1) is 11.3 Å². The monoisotopic (exact) mass is 629 g/mol. The van der Waals surface area contributed by atoms with Crippen LogP contribution < -0.4 is 10.2 Å². The molecule has 0 atom stereocenters. The molecule has 45 heavy (non-hydrogen) atoms. The molecule has 1 fully saturated rings. The second-order valence-electron chi connectivity index (χ2n) is 11.7. The summed E-state index contributed by atoms with van der Waals surface area (Å²) in [6, 6.07) is 21.4. The second-order valence-corrected chi connectivity index (χ2v) is 12.1. The highest BCUT2D eigenvalue weighted by Gasteiger charge is 2.34. The van der Waals surface area contributed by atoms with Gasteiger partial charge in [0.1, 0.15) is 5.82 Å². The molecule has 1 amide bonds. The number of anilines is 2. The van der Waals surface area contributed by atoms with E-state index in [2.05, 4.69) is 39.7 Å². The molecule has 5 aromatic rings. The van der Waals surface area contributed by atoms with Crippen LogP contribution in [0, 0.1) is 0 Å². The van der Waals surface area contributed by atoms with Crippen LogP contribution in [0.15, 0.2) is 85.2 Å². The Bertz CT molecular complexity index is 1880. The molecule has 3 aromatic carbocycles. The summed E-state index contributed by atoms with van der Waals surface area (Å²) in [5.41, 5.74) is 4.73. The standard InChI is InChI=1S/C35H31ClF3N5O/c36-27-8-9-30(35(37,38)39)26(17-27)21-44-15-12-40-33-32(44)18-25(19-42-33)23-4-3-5-24(16-23)34(45)43-13-10-22(11-14-43)29-20-41-31-7-2-1-6-28(29)31/h1-9,16-20,22,41H,10-15,21H2,(H,40,42). The van der Waals surface area contributed by atoms with Crippen molar-refractivity contribution in [3.05, 3.63) is 112 Å². The number of aromatic nitrogens is 2. The summed E-state index contributed by atoms with van der Waals surface area (Å²) in [5.74, 6) is 0.990. The van der Waals surface area contributed by atoms with Gasteiger partial charge in [0.15, 0.2) is 0 Å². The molecule has 0 spiro atoms. The third-order valence-electron chi connectivity index (χ3n) is 8.90. The first-order valence-electron chi connectivity index (χ1n) is 15.0. The van der Waals surface area contributed by atoms with Crippen molar-refractivity contribution in [1.82, 2.24) is 14.9 Å². The van der Waals surface area contributed by atoms with E-state index in [1.807, 2.05) is 46.2 Å². The molecule has 2 aliphatic rings. The molecule has 2 N–H and O–H groups in total. The molecule has 0 radical (unpaired) electrons. The molecule has 4 heterocycles. The number of piperidine rings is 1. The third kappa shape index (κ3) is 5.84. The fourth-order valence-corrected chi connectivity index (χ4v) is 6.79. The number of nitrogens with one attached hydrogen (secondary N) is 2. The first kappa shape index (κ1) is 29.2. The van der Waals surface area contributed by atoms with Gasteiger partial charge in [-0.3, -0.25) is 4.79 Å². The third-order valence-corrected chi connectivity index (χ3v) is 9.14. The number of rotatable bonds is 5. The number of hydrogen-bond acceptors (Lipinski definition) is 4. The fraction of sp³-hybridized carbons (Fsp3) is 0.257. The second kappa shape index (κ2) is 11.8. The van der Waals surface area contributed by atoms with Crippen LogP contribution in [0.25, 0.3) is 22.0 Å². The van der Waals surface area contributed by atoms with Gasteiger partial charge in [-0.05, 0) is 77.9 Å². The van der Waals surface area contributed by atoms with Crippen molar-refractivity contribution in [1.29, 1.82) is 0 Å². The molecule has 0 bridgehead atoms. The number of halogens is 4. The molecule has 0 saturated carbocycles. The number of alkyl halides is 3. The average molecular weight is 630 g/mol. The number of hydrogen-bond donors (Lipinski definition) is 2. The van der Waals surface area contributed by atoms with E-state index in [9.17, 15) is 18.0 Å². The van der Waals surface area contributed by atoms with Gasteiger partial charge < -0.3 is 20.1 Å². The summed E-state index contributed by atoms with van der Waals surface area (Å²) < 4.78 is 41.3. The summed E-state index contributed by atoms with van der Waals surface area (Å²) in [6.07, 6.45) is 1.13. The van der Waals surface area contributed by atoms with Crippen LogP contribution in [0.1, 0.15) is 45.8 Å². The summed E-state index contributed by atoms with van der Waals surface area (Å²) in [4.78, 5) is 25.4. The maximum Gasteiger partial charge on any atom is 0.416 e. The number of amides is 1. The van der Waals surface area contributed by atoms with E-state index in [0.717, 1.165) is 35.6 Å². The molecule has 2 aliphatic heterocycles. The Kier molecular flexibility index (Phi) is 7.65. The van der Waals surface area contributed by atoms with Gasteiger partial charge in [0, 0.05) is 72.2 Å². The van der Waals surface area contributed by atoms with Gasteiger partial charge in [0.25, 0.3) is 5.91 Å². The number of likely N-dealkylation sites (tertiary alicyclic amines) is 1. The quantitative estimate of drug-likeness (QED) is 0.205. The lowest BCUT2D eigenvalue weighted by molar-refractivity contribution is -0.138. The Hall–Kier alpha value is -4.50. The maximum atomic E-state index is 13.8. The molecule has 230 valence electrons. The van der Waals surface area contributed by atoms with Crippen LogP contribution in [0.2, 0.25) is 5.02 Å². The molecule has 10 heteroatoms. The summed E-state index contributed by atoms with van der Waals surface area (Å²) >= 11 is 6.10. The Morgan fingerprint density at radius 2 is 1.78 bits per heavy atom. The zero-order chi connectivity index (χ0) is 31.1. The zero-order valence-electron chi connectivity index (χ0n) is 24.4. The fourth-order valence-electron chi connectivity index (χ4n) is 6.60. The van der Waals surface area contributed by atoms with E-state index in [1.54, 1.807) is 6.20 Å². The van der Waals surface area contributed by atoms with Gasteiger partial charge in [-0.15, -0.1) is 0 Å². The number of H-pyrrole nitrogens is 1. The van der Waals surface area contributed by atoms with Crippen molar-refractivity contribution < 1.29 is 18.0 Å². The molecule has 7 rings (SSSR count). The van der Waals surface area contributed by atoms with Crippen LogP contribution >= 0.6 is 11.6 Å². The molecule has 0 aliphatic carbocycles. The predicted octanol–water partition coefficient (Wildman–Crippen LogP) is 8.35. The number of carbonyl (C=O) groups is 1. The van der Waals surface area contributed by atoms with E-state index >= 15 is 0 Å². The van der Waals surface area contributed by atoms with Gasteiger partial charge >= 0.3 is 6.18 Å². The normalized spacial score (nSPS) is 15.6. The molecule has 1 saturated heterocycles. The van der Waals surface area contributed by atoms with Crippen molar-refractivity contribution in [2.24, 2.45) is 0 Å². The highest BCUT2D eigenvalue weighted by molar-refractivity contribution is 6.30. The van der Waals surface area contributed by atoms with E-state index < -0.39 is 11.7 Å². The Morgan fingerprint density at radius 3 is 2.60 bits per heavy atom. The topological polar surface area (TPSA) is 64.3 Å². The number of pyridine rings is 1. The number of carbonyl (C=O) groups excluding carboxylic acids is 1. The van der Waals surface area contributed by atoms with E-state index in [1.165, 1.54) is 23.1 Å². The van der Waals surface area contributed by atoms with Gasteiger partial charge in [-0.1, -0.05) is 41.9 Å². The molecule has 0 unspecified atom stereocenters. The van der Waals surface area contributed by atoms with Crippen LogP contribution in [-0.4, -0.2) is 47.0 Å². The minimum Gasteiger partial charge on any atom is -0.367 e. The Balaban J connectivity index is 1.09. The Morgan fingerprint density at radius 1 is 0.956 bits per heavy atom. The summed E-state index contributed by atoms with van der Waals surface area (Å²) in [5, 5.41) is 4.75. The van der Waals surface area contributed by atoms with Gasteiger partial charge in [0.2, 0.25) is 0 Å². The lowest BCUT2D eigenvalue weighted by atomic mass is 9.89. The number of aromatic amines is 1. The minimum absolute atomic E-state index is 0.0101. The number of benzene rings is 3. The smallest absolute Gasteiger partial charge is 0.367 e. The molecule has 6 nitrogen and oxygen atoms in total. The number of fused-ring (bicyclic) bond motifs is 2. The Labute approximate surface area is 263 Å². The summed E-state index contributed by atoms with van der Waals surface area (Å²) in [6.45, 7) is 2.43. The first-order chi connectivity index (χ1) is 21.7. The molecular weight excluding hydrogens is 599 g/mol. The van der Waals surface area contributed by atoms with Crippen molar-refractivity contribution in [3.8, 4) is 11.1 Å². The van der Waals surface area contributed by atoms with Crippen molar-refractivity contribution in [2.75, 3.05) is 36.4 Å². The predicted molar refractivity (Wildman–Crippen MR) is 172 cm³/mol. The van der Waals surface area contributed by atoms with E-state index in [0.29, 0.717) is 49.2 Å². The van der Waals surface area contributed by atoms with Crippen LogP contribution in [0.3, 0.4) is 0 Å². The number of para-hydroxylation sites is 1. The van der Waals surface area contributed by atoms with Gasteiger partial charge in [-0.2, -0.15) is 13.2 Å². The maximum absolute atomic E-state index is 13.8. The minimum atomic E-state index is -4.49. The van der Waals surface area contributed by atoms with Crippen LogP contribution in [-0.2, 0) is 12.7 Å². The largest absolute Gasteiger partial charge is 0.416 e. The van der Waals surface area contributed by atoms with Gasteiger partial charge in [-0.25, -0.2) is 4.98 Å². The van der Waals surface area contributed by atoms with E-state index in [4.69, 9.17) is 11.6 Å². The highest BCUT2D eigenvalue weighted by atomic mass is 35.5.